The third kappa shape index (κ3) is 3.03. The van der Waals surface area contributed by atoms with Gasteiger partial charge in [0.1, 0.15) is 12.4 Å². The Morgan fingerprint density at radius 2 is 2.20 bits per heavy atom. The van der Waals surface area contributed by atoms with E-state index in [1.54, 1.807) is 16.8 Å². The number of benzene rings is 1. The summed E-state index contributed by atoms with van der Waals surface area (Å²) in [6.07, 6.45) is 0. The Bertz CT molecular complexity index is 445. The van der Waals surface area contributed by atoms with E-state index in [2.05, 4.69) is 36.8 Å². The maximum Gasteiger partial charge on any atom is 0.134 e. The van der Waals surface area contributed by atoms with Crippen molar-refractivity contribution in [1.29, 1.82) is 0 Å². The van der Waals surface area contributed by atoms with Gasteiger partial charge in [-0.2, -0.15) is 0 Å². The molecule has 0 aliphatic carbocycles. The molecule has 0 aliphatic heterocycles. The molecular weight excluding hydrogens is 342 g/mol. The van der Waals surface area contributed by atoms with Gasteiger partial charge < -0.3 is 4.74 Å². The summed E-state index contributed by atoms with van der Waals surface area (Å²) < 4.78 is 7.57. The van der Waals surface area contributed by atoms with E-state index in [9.17, 15) is 0 Å². The quantitative estimate of drug-likeness (QED) is 0.827. The van der Waals surface area contributed by atoms with E-state index in [-0.39, 0.29) is 0 Å². The fourth-order valence-corrected chi connectivity index (χ4v) is 2.76. The Morgan fingerprint density at radius 1 is 1.33 bits per heavy atom. The summed E-state index contributed by atoms with van der Waals surface area (Å²) in [6.45, 7) is 0.504. The lowest BCUT2D eigenvalue weighted by molar-refractivity contribution is 0.300. The first-order chi connectivity index (χ1) is 7.25. The molecule has 0 amide bonds. The highest BCUT2D eigenvalue weighted by molar-refractivity contribution is 9.11. The first-order valence-electron chi connectivity index (χ1n) is 4.20. The van der Waals surface area contributed by atoms with Crippen molar-refractivity contribution < 1.29 is 4.74 Å². The van der Waals surface area contributed by atoms with Crippen molar-refractivity contribution in [1.82, 2.24) is 4.98 Å². The van der Waals surface area contributed by atoms with Crippen molar-refractivity contribution in [2.45, 2.75) is 6.61 Å². The molecule has 0 unspecified atom stereocenters. The Hall–Kier alpha value is -0.390. The molecule has 2 nitrogen and oxygen atoms in total. The van der Waals surface area contributed by atoms with Gasteiger partial charge in [0.25, 0.3) is 0 Å². The summed E-state index contributed by atoms with van der Waals surface area (Å²) in [5, 5.41) is 1.98. The van der Waals surface area contributed by atoms with Gasteiger partial charge >= 0.3 is 0 Å². The summed E-state index contributed by atoms with van der Waals surface area (Å²) in [6, 6.07) is 5.82. The van der Waals surface area contributed by atoms with Crippen LogP contribution in [0.15, 0.2) is 38.0 Å². The molecule has 2 aromatic rings. The third-order valence-electron chi connectivity index (χ3n) is 1.75. The molecule has 0 aliphatic rings. The van der Waals surface area contributed by atoms with Crippen molar-refractivity contribution in [3.8, 4) is 5.75 Å². The largest absolute Gasteiger partial charge is 0.486 e. The molecule has 0 saturated heterocycles. The number of thiazole rings is 1. The predicted octanol–water partition coefficient (Wildman–Crippen LogP) is 4.25. The van der Waals surface area contributed by atoms with Crippen LogP contribution < -0.4 is 4.74 Å². The minimum Gasteiger partial charge on any atom is -0.486 e. The molecule has 0 N–H and O–H groups in total. The lowest BCUT2D eigenvalue weighted by Crippen LogP contribution is -1.95. The molecule has 15 heavy (non-hydrogen) atoms. The Labute approximate surface area is 109 Å². The van der Waals surface area contributed by atoms with E-state index in [1.165, 1.54) is 0 Å². The van der Waals surface area contributed by atoms with Gasteiger partial charge in [0.05, 0.1) is 15.7 Å². The molecule has 0 fully saturated rings. The molecule has 1 aromatic carbocycles. The summed E-state index contributed by atoms with van der Waals surface area (Å²) in [5.74, 6) is 0.825. The lowest BCUT2D eigenvalue weighted by Gasteiger charge is -2.06. The first-order valence-corrected chi connectivity index (χ1v) is 6.73. The molecule has 78 valence electrons. The van der Waals surface area contributed by atoms with E-state index in [4.69, 9.17) is 4.74 Å². The van der Waals surface area contributed by atoms with Crippen molar-refractivity contribution in [2.24, 2.45) is 0 Å². The zero-order valence-corrected chi connectivity index (χ0v) is 11.6. The van der Waals surface area contributed by atoms with Gasteiger partial charge in [0.15, 0.2) is 0 Å². The molecule has 0 saturated carbocycles. The van der Waals surface area contributed by atoms with E-state index in [1.807, 2.05) is 23.6 Å². The normalized spacial score (nSPS) is 10.3. The maximum atomic E-state index is 5.61. The monoisotopic (exact) mass is 347 g/mol. The Kier molecular flexibility index (Phi) is 3.77. The minimum absolute atomic E-state index is 0.504. The number of rotatable bonds is 3. The van der Waals surface area contributed by atoms with E-state index >= 15 is 0 Å². The number of halogens is 2. The van der Waals surface area contributed by atoms with Crippen LogP contribution in [0.5, 0.6) is 5.75 Å². The fourth-order valence-electron chi connectivity index (χ4n) is 1.05. The second kappa shape index (κ2) is 5.09. The summed E-state index contributed by atoms with van der Waals surface area (Å²) >= 11 is 8.40. The molecule has 1 aromatic heterocycles. The van der Waals surface area contributed by atoms with E-state index in [0.717, 1.165) is 20.4 Å². The summed E-state index contributed by atoms with van der Waals surface area (Å²) in [7, 11) is 0. The van der Waals surface area contributed by atoms with Crippen LogP contribution in [0.2, 0.25) is 0 Å². The molecule has 5 heteroatoms. The van der Waals surface area contributed by atoms with Crippen molar-refractivity contribution in [3.63, 3.8) is 0 Å². The SMILES string of the molecule is Brc1ccc(OCc2cscn2)c(Br)c1. The number of hydrogen-bond donors (Lipinski definition) is 0. The first kappa shape index (κ1) is 11.1. The van der Waals surface area contributed by atoms with Crippen LogP contribution in [0.25, 0.3) is 0 Å². The Morgan fingerprint density at radius 3 is 2.87 bits per heavy atom. The highest BCUT2D eigenvalue weighted by atomic mass is 79.9. The number of ether oxygens (including phenoxy) is 1. The number of aromatic nitrogens is 1. The van der Waals surface area contributed by atoms with Crippen LogP contribution >= 0.6 is 43.2 Å². The van der Waals surface area contributed by atoms with Crippen LogP contribution in [-0.4, -0.2) is 4.98 Å². The van der Waals surface area contributed by atoms with Crippen LogP contribution in [0.4, 0.5) is 0 Å². The Balaban J connectivity index is 2.05. The molecule has 0 radical (unpaired) electrons. The van der Waals surface area contributed by atoms with Gasteiger partial charge in [-0.1, -0.05) is 15.9 Å². The van der Waals surface area contributed by atoms with Crippen molar-refractivity contribution >= 4 is 43.2 Å². The second-order valence-electron chi connectivity index (χ2n) is 2.84. The number of hydrogen-bond acceptors (Lipinski definition) is 3. The average molecular weight is 349 g/mol. The molecule has 0 spiro atoms. The fraction of sp³-hybridized carbons (Fsp3) is 0.100. The van der Waals surface area contributed by atoms with Crippen LogP contribution in [0, 0.1) is 0 Å². The zero-order valence-electron chi connectivity index (χ0n) is 7.61. The standard InChI is InChI=1S/C10H7Br2NOS/c11-7-1-2-10(9(12)3-7)14-4-8-5-15-6-13-8/h1-3,5-6H,4H2. The van der Waals surface area contributed by atoms with Crippen molar-refractivity contribution in [3.05, 3.63) is 43.7 Å². The smallest absolute Gasteiger partial charge is 0.134 e. The third-order valence-corrected chi connectivity index (χ3v) is 3.50. The highest BCUT2D eigenvalue weighted by Crippen LogP contribution is 2.28. The van der Waals surface area contributed by atoms with Gasteiger partial charge in [-0.25, -0.2) is 4.98 Å². The maximum absolute atomic E-state index is 5.61. The molecular formula is C10H7Br2NOS. The predicted molar refractivity (Wildman–Crippen MR) is 68.3 cm³/mol. The molecule has 2 rings (SSSR count). The topological polar surface area (TPSA) is 22.1 Å². The molecule has 1 heterocycles. The molecule has 0 atom stereocenters. The average Bonchev–Trinajstić information content (AvgIpc) is 2.69. The van der Waals surface area contributed by atoms with E-state index in [0.29, 0.717) is 6.61 Å². The lowest BCUT2D eigenvalue weighted by atomic mass is 10.3. The second-order valence-corrected chi connectivity index (χ2v) is 5.33. The van der Waals surface area contributed by atoms with E-state index < -0.39 is 0 Å². The van der Waals surface area contributed by atoms with Crippen LogP contribution in [0.1, 0.15) is 5.69 Å². The van der Waals surface area contributed by atoms with Gasteiger partial charge in [-0.15, -0.1) is 11.3 Å². The van der Waals surface area contributed by atoms with Gasteiger partial charge in [0.2, 0.25) is 0 Å². The van der Waals surface area contributed by atoms with Gasteiger partial charge in [-0.05, 0) is 34.1 Å². The van der Waals surface area contributed by atoms with Gasteiger partial charge in [0, 0.05) is 9.85 Å². The van der Waals surface area contributed by atoms with Crippen molar-refractivity contribution in [2.75, 3.05) is 0 Å². The zero-order chi connectivity index (χ0) is 10.7. The highest BCUT2D eigenvalue weighted by Gasteiger charge is 2.02. The van der Waals surface area contributed by atoms with Crippen LogP contribution in [0.3, 0.4) is 0 Å². The number of nitrogens with zero attached hydrogens (tertiary/aromatic N) is 1. The summed E-state index contributed by atoms with van der Waals surface area (Å²) in [4.78, 5) is 4.15. The van der Waals surface area contributed by atoms with Crippen LogP contribution in [-0.2, 0) is 6.61 Å². The minimum atomic E-state index is 0.504. The molecule has 0 bridgehead atoms. The summed E-state index contributed by atoms with van der Waals surface area (Å²) in [5.41, 5.74) is 2.75. The van der Waals surface area contributed by atoms with Gasteiger partial charge in [-0.3, -0.25) is 0 Å².